The molecule has 0 aliphatic rings. The monoisotopic (exact) mass is 321 g/mol. The smallest absolute Gasteiger partial charge is 0.230 e. The number of fused-ring (bicyclic) bond motifs is 1. The maximum absolute atomic E-state index is 12.0. The molecule has 2 nitrogen and oxygen atoms in total. The summed E-state index contributed by atoms with van der Waals surface area (Å²) in [5.41, 5.74) is 2.41. The van der Waals surface area contributed by atoms with Crippen LogP contribution < -0.4 is 5.32 Å². The first-order valence-corrected chi connectivity index (χ1v) is 8.83. The van der Waals surface area contributed by atoms with Gasteiger partial charge in [0.15, 0.2) is 0 Å². The molecular weight excluding hydrogens is 302 g/mol. The number of hydrogen-bond acceptors (Lipinski definition) is 2. The van der Waals surface area contributed by atoms with Crippen molar-refractivity contribution in [3.05, 3.63) is 83.9 Å². The highest BCUT2D eigenvalue weighted by Gasteiger charge is 2.04. The summed E-state index contributed by atoms with van der Waals surface area (Å²) < 4.78 is 0. The Morgan fingerprint density at radius 1 is 0.870 bits per heavy atom. The van der Waals surface area contributed by atoms with E-state index in [4.69, 9.17) is 0 Å². The highest BCUT2D eigenvalue weighted by Crippen LogP contribution is 2.18. The third-order valence-electron chi connectivity index (χ3n) is 3.70. The van der Waals surface area contributed by atoms with Crippen LogP contribution in [0.1, 0.15) is 11.1 Å². The molecule has 0 unspecified atom stereocenters. The Balaban J connectivity index is 1.50. The molecule has 3 rings (SSSR count). The maximum Gasteiger partial charge on any atom is 0.230 e. The van der Waals surface area contributed by atoms with E-state index in [0.717, 1.165) is 11.3 Å². The van der Waals surface area contributed by atoms with Crippen LogP contribution in [0.2, 0.25) is 0 Å². The van der Waals surface area contributed by atoms with Crippen molar-refractivity contribution in [1.29, 1.82) is 0 Å². The van der Waals surface area contributed by atoms with Gasteiger partial charge >= 0.3 is 0 Å². The highest BCUT2D eigenvalue weighted by molar-refractivity contribution is 7.99. The van der Waals surface area contributed by atoms with Gasteiger partial charge in [-0.25, -0.2) is 0 Å². The van der Waals surface area contributed by atoms with Crippen LogP contribution in [0.3, 0.4) is 0 Å². The van der Waals surface area contributed by atoms with E-state index in [1.165, 1.54) is 16.3 Å². The van der Waals surface area contributed by atoms with Gasteiger partial charge in [-0.2, -0.15) is 0 Å². The van der Waals surface area contributed by atoms with Crippen molar-refractivity contribution < 1.29 is 4.79 Å². The Hall–Kier alpha value is -2.26. The molecule has 0 heterocycles. The minimum Gasteiger partial charge on any atom is -0.351 e. The van der Waals surface area contributed by atoms with E-state index >= 15 is 0 Å². The van der Waals surface area contributed by atoms with Crippen LogP contribution >= 0.6 is 11.8 Å². The lowest BCUT2D eigenvalue weighted by Crippen LogP contribution is -2.24. The molecule has 3 heteroatoms. The second-order valence-corrected chi connectivity index (χ2v) is 6.38. The van der Waals surface area contributed by atoms with E-state index in [1.54, 1.807) is 11.8 Å². The Bertz CT molecular complexity index is 781. The summed E-state index contributed by atoms with van der Waals surface area (Å²) in [6.45, 7) is 0.575. The Kier molecular flexibility index (Phi) is 5.33. The van der Waals surface area contributed by atoms with Crippen molar-refractivity contribution in [1.82, 2.24) is 5.32 Å². The second-order valence-electron chi connectivity index (χ2n) is 5.39. The minimum atomic E-state index is 0.0823. The van der Waals surface area contributed by atoms with Gasteiger partial charge in [0, 0.05) is 12.3 Å². The van der Waals surface area contributed by atoms with Crippen LogP contribution in [0.25, 0.3) is 10.8 Å². The lowest BCUT2D eigenvalue weighted by atomic mass is 10.0. The van der Waals surface area contributed by atoms with E-state index in [9.17, 15) is 4.79 Å². The molecule has 3 aromatic rings. The zero-order chi connectivity index (χ0) is 15.9. The minimum absolute atomic E-state index is 0.0823. The molecule has 0 aliphatic carbocycles. The summed E-state index contributed by atoms with van der Waals surface area (Å²) >= 11 is 1.64. The molecule has 23 heavy (non-hydrogen) atoms. The Morgan fingerprint density at radius 3 is 2.48 bits per heavy atom. The molecule has 116 valence electrons. The fraction of sp³-hybridized carbons (Fsp3) is 0.150. The van der Waals surface area contributed by atoms with Crippen molar-refractivity contribution in [3.8, 4) is 0 Å². The molecule has 0 saturated carbocycles. The predicted molar refractivity (Wildman–Crippen MR) is 98.4 cm³/mol. The molecule has 1 N–H and O–H groups in total. The molecule has 0 atom stereocenters. The molecule has 0 fully saturated rings. The van der Waals surface area contributed by atoms with Crippen LogP contribution in [-0.2, 0) is 17.1 Å². The summed E-state index contributed by atoms with van der Waals surface area (Å²) in [5.74, 6) is 1.43. The number of thioether (sulfide) groups is 1. The third-order valence-corrected chi connectivity index (χ3v) is 4.70. The average molecular weight is 321 g/mol. The molecule has 0 saturated heterocycles. The van der Waals surface area contributed by atoms with Gasteiger partial charge < -0.3 is 5.32 Å². The number of amides is 1. The second kappa shape index (κ2) is 7.84. The molecule has 0 aliphatic heterocycles. The summed E-state index contributed by atoms with van der Waals surface area (Å²) in [6, 6.07) is 24.7. The Morgan fingerprint density at radius 2 is 1.61 bits per heavy atom. The molecule has 0 radical (unpaired) electrons. The molecule has 3 aromatic carbocycles. The number of carbonyl (C=O) groups excluding carboxylic acids is 1. The summed E-state index contributed by atoms with van der Waals surface area (Å²) in [6.07, 6.45) is 0. The first-order chi connectivity index (χ1) is 11.3. The van der Waals surface area contributed by atoms with E-state index in [0.29, 0.717) is 12.3 Å². The molecule has 0 spiro atoms. The van der Waals surface area contributed by atoms with Crippen LogP contribution in [0.15, 0.2) is 72.8 Å². The van der Waals surface area contributed by atoms with Crippen LogP contribution in [0.5, 0.6) is 0 Å². The zero-order valence-corrected chi connectivity index (χ0v) is 13.7. The number of benzene rings is 3. The van der Waals surface area contributed by atoms with E-state index < -0.39 is 0 Å². The van der Waals surface area contributed by atoms with Crippen LogP contribution in [-0.4, -0.2) is 11.7 Å². The number of carbonyl (C=O) groups is 1. The standard InChI is InChI=1S/C20H19NOS/c22-20(15-23-14-16-7-2-1-3-8-16)21-13-18-11-6-10-17-9-4-5-12-19(17)18/h1-12H,13-15H2,(H,21,22). The van der Waals surface area contributed by atoms with Crippen molar-refractivity contribution >= 4 is 28.4 Å². The number of nitrogens with one attached hydrogen (secondary N) is 1. The van der Waals surface area contributed by atoms with E-state index in [-0.39, 0.29) is 5.91 Å². The summed E-state index contributed by atoms with van der Waals surface area (Å²) in [7, 11) is 0. The normalized spacial score (nSPS) is 10.6. The van der Waals surface area contributed by atoms with Gasteiger partial charge in [-0.3, -0.25) is 4.79 Å². The molecule has 1 amide bonds. The van der Waals surface area contributed by atoms with Crippen molar-refractivity contribution in [2.75, 3.05) is 5.75 Å². The van der Waals surface area contributed by atoms with Gasteiger partial charge in [0.1, 0.15) is 0 Å². The van der Waals surface area contributed by atoms with Gasteiger partial charge in [-0.1, -0.05) is 72.8 Å². The number of hydrogen-bond donors (Lipinski definition) is 1. The first kappa shape index (κ1) is 15.6. The van der Waals surface area contributed by atoms with Gasteiger partial charge in [-0.15, -0.1) is 11.8 Å². The van der Waals surface area contributed by atoms with Gasteiger partial charge in [-0.05, 0) is 21.9 Å². The number of rotatable bonds is 6. The topological polar surface area (TPSA) is 29.1 Å². The fourth-order valence-corrected chi connectivity index (χ4v) is 3.34. The lowest BCUT2D eigenvalue weighted by Gasteiger charge is -2.08. The summed E-state index contributed by atoms with van der Waals surface area (Å²) in [5, 5.41) is 5.42. The van der Waals surface area contributed by atoms with Crippen LogP contribution in [0.4, 0.5) is 0 Å². The quantitative estimate of drug-likeness (QED) is 0.729. The fourth-order valence-electron chi connectivity index (χ4n) is 2.53. The van der Waals surface area contributed by atoms with Crippen molar-refractivity contribution in [3.63, 3.8) is 0 Å². The SMILES string of the molecule is O=C(CSCc1ccccc1)NCc1cccc2ccccc12. The van der Waals surface area contributed by atoms with Gasteiger partial charge in [0.25, 0.3) is 0 Å². The van der Waals surface area contributed by atoms with Crippen molar-refractivity contribution in [2.45, 2.75) is 12.3 Å². The summed E-state index contributed by atoms with van der Waals surface area (Å²) in [4.78, 5) is 12.0. The van der Waals surface area contributed by atoms with E-state index in [1.807, 2.05) is 36.4 Å². The predicted octanol–water partition coefficient (Wildman–Crippen LogP) is 4.39. The Labute approximate surface area is 140 Å². The van der Waals surface area contributed by atoms with Gasteiger partial charge in [0.05, 0.1) is 5.75 Å². The van der Waals surface area contributed by atoms with Crippen molar-refractivity contribution in [2.24, 2.45) is 0 Å². The average Bonchev–Trinajstić information content (AvgIpc) is 2.61. The molecule has 0 bridgehead atoms. The lowest BCUT2D eigenvalue weighted by molar-refractivity contribution is -0.118. The molecular formula is C20H19NOS. The van der Waals surface area contributed by atoms with Crippen LogP contribution in [0, 0.1) is 0 Å². The van der Waals surface area contributed by atoms with Gasteiger partial charge in [0.2, 0.25) is 5.91 Å². The first-order valence-electron chi connectivity index (χ1n) is 7.68. The zero-order valence-electron chi connectivity index (χ0n) is 12.9. The molecule has 0 aromatic heterocycles. The third kappa shape index (κ3) is 4.36. The maximum atomic E-state index is 12.0. The van der Waals surface area contributed by atoms with E-state index in [2.05, 4.69) is 41.7 Å². The highest BCUT2D eigenvalue weighted by atomic mass is 32.2. The largest absolute Gasteiger partial charge is 0.351 e.